The maximum Gasteiger partial charge on any atom is 0.0905 e. The average Bonchev–Trinajstić information content (AvgIpc) is 2.23. The van der Waals surface area contributed by atoms with Crippen LogP contribution in [0.2, 0.25) is 0 Å². The molecule has 0 unspecified atom stereocenters. The molecule has 1 rings (SSSR count). The van der Waals surface area contributed by atoms with Gasteiger partial charge in [-0.15, -0.1) is 0 Å². The third kappa shape index (κ3) is 5.88. The number of ether oxygens (including phenoxy) is 1. The third-order valence-corrected chi connectivity index (χ3v) is 2.64. The second kappa shape index (κ2) is 7.41. The molecule has 0 saturated heterocycles. The average molecular weight is 285 g/mol. The molecule has 0 aromatic heterocycles. The maximum atomic E-state index is 7.06. The lowest BCUT2D eigenvalue weighted by Gasteiger charge is -2.04. The Bertz CT molecular complexity index is 342. The summed E-state index contributed by atoms with van der Waals surface area (Å²) >= 11 is 3.42. The number of rotatable bonds is 7. The molecule has 1 aromatic carbocycles. The van der Waals surface area contributed by atoms with Crippen molar-refractivity contribution in [2.45, 2.75) is 25.9 Å². The van der Waals surface area contributed by atoms with Crippen molar-refractivity contribution in [2.75, 3.05) is 6.61 Å². The van der Waals surface area contributed by atoms with Crippen LogP contribution in [0.3, 0.4) is 0 Å². The minimum Gasteiger partial charge on any atom is -0.388 e. The summed E-state index contributed by atoms with van der Waals surface area (Å²) in [7, 11) is 0. The highest BCUT2D eigenvalue weighted by atomic mass is 79.9. The van der Waals surface area contributed by atoms with Gasteiger partial charge in [-0.1, -0.05) is 28.1 Å². The third-order valence-electron chi connectivity index (χ3n) is 2.14. The fraction of sp³-hybridized carbons (Fsp3) is 0.417. The monoisotopic (exact) mass is 284 g/mol. The van der Waals surface area contributed by atoms with E-state index < -0.39 is 0 Å². The lowest BCUT2D eigenvalue weighted by Crippen LogP contribution is -2.09. The van der Waals surface area contributed by atoms with Crippen LogP contribution in [0.1, 0.15) is 24.8 Å². The normalized spacial score (nSPS) is 10.3. The zero-order valence-electron chi connectivity index (χ0n) is 9.21. The first-order valence-corrected chi connectivity index (χ1v) is 6.13. The molecule has 0 heterocycles. The van der Waals surface area contributed by atoms with Crippen molar-refractivity contribution >= 4 is 21.8 Å². The predicted molar refractivity (Wildman–Crippen MR) is 69.6 cm³/mol. The largest absolute Gasteiger partial charge is 0.388 e. The van der Waals surface area contributed by atoms with E-state index in [0.717, 1.165) is 23.9 Å². The first-order chi connectivity index (χ1) is 7.68. The van der Waals surface area contributed by atoms with E-state index in [4.69, 9.17) is 15.9 Å². The molecule has 3 N–H and O–H groups in total. The Balaban J connectivity index is 2.09. The first kappa shape index (κ1) is 13.2. The van der Waals surface area contributed by atoms with Crippen LogP contribution in [-0.4, -0.2) is 12.4 Å². The number of nitrogens with one attached hydrogen (secondary N) is 1. The molecule has 0 fully saturated rings. The lowest BCUT2D eigenvalue weighted by atomic mass is 10.2. The molecular formula is C12H17BrN2O. The van der Waals surface area contributed by atoms with Crippen molar-refractivity contribution in [3.05, 3.63) is 34.3 Å². The second-order valence-electron chi connectivity index (χ2n) is 3.66. The van der Waals surface area contributed by atoms with Gasteiger partial charge in [0.15, 0.2) is 0 Å². The summed E-state index contributed by atoms with van der Waals surface area (Å²) < 4.78 is 6.60. The Morgan fingerprint density at radius 1 is 1.38 bits per heavy atom. The number of halogens is 1. The van der Waals surface area contributed by atoms with Gasteiger partial charge in [0.1, 0.15) is 0 Å². The number of amidine groups is 1. The van der Waals surface area contributed by atoms with Crippen LogP contribution in [0.5, 0.6) is 0 Å². The maximum absolute atomic E-state index is 7.06. The molecule has 0 aliphatic heterocycles. The fourth-order valence-electron chi connectivity index (χ4n) is 1.34. The SMILES string of the molecule is N=C(N)CCCCOCc1cccc(Br)c1. The van der Waals surface area contributed by atoms with Crippen LogP contribution in [0.4, 0.5) is 0 Å². The van der Waals surface area contributed by atoms with Crippen LogP contribution in [0, 0.1) is 5.41 Å². The summed E-state index contributed by atoms with van der Waals surface area (Å²) in [6.07, 6.45) is 2.54. The molecule has 1 aromatic rings. The van der Waals surface area contributed by atoms with E-state index in [-0.39, 0.29) is 5.84 Å². The Kier molecular flexibility index (Phi) is 6.11. The summed E-state index contributed by atoms with van der Waals surface area (Å²) in [5, 5.41) is 7.06. The number of unbranched alkanes of at least 4 members (excludes halogenated alkanes) is 1. The molecule has 3 nitrogen and oxygen atoms in total. The van der Waals surface area contributed by atoms with E-state index in [9.17, 15) is 0 Å². The fourth-order valence-corrected chi connectivity index (χ4v) is 1.78. The van der Waals surface area contributed by atoms with E-state index in [1.807, 2.05) is 18.2 Å². The van der Waals surface area contributed by atoms with Crippen molar-refractivity contribution in [1.82, 2.24) is 0 Å². The second-order valence-corrected chi connectivity index (χ2v) is 4.58. The van der Waals surface area contributed by atoms with E-state index in [2.05, 4.69) is 22.0 Å². The Morgan fingerprint density at radius 3 is 2.88 bits per heavy atom. The topological polar surface area (TPSA) is 59.1 Å². The van der Waals surface area contributed by atoms with Crippen LogP contribution >= 0.6 is 15.9 Å². The molecular weight excluding hydrogens is 268 g/mol. The van der Waals surface area contributed by atoms with Gasteiger partial charge in [0.25, 0.3) is 0 Å². The van der Waals surface area contributed by atoms with Crippen molar-refractivity contribution in [2.24, 2.45) is 5.73 Å². The van der Waals surface area contributed by atoms with Gasteiger partial charge in [0.05, 0.1) is 12.4 Å². The lowest BCUT2D eigenvalue weighted by molar-refractivity contribution is 0.117. The zero-order valence-corrected chi connectivity index (χ0v) is 10.8. The van der Waals surface area contributed by atoms with E-state index in [1.165, 1.54) is 5.56 Å². The zero-order chi connectivity index (χ0) is 11.8. The van der Waals surface area contributed by atoms with E-state index >= 15 is 0 Å². The molecule has 88 valence electrons. The molecule has 0 saturated carbocycles. The predicted octanol–water partition coefficient (Wildman–Crippen LogP) is 3.07. The van der Waals surface area contributed by atoms with Gasteiger partial charge in [-0.25, -0.2) is 0 Å². The van der Waals surface area contributed by atoms with Gasteiger partial charge in [-0.2, -0.15) is 0 Å². The summed E-state index contributed by atoms with van der Waals surface area (Å²) in [5.41, 5.74) is 6.42. The van der Waals surface area contributed by atoms with Crippen molar-refractivity contribution in [1.29, 1.82) is 5.41 Å². The summed E-state index contributed by atoms with van der Waals surface area (Å²) in [6, 6.07) is 8.09. The highest BCUT2D eigenvalue weighted by Gasteiger charge is 1.95. The van der Waals surface area contributed by atoms with Gasteiger partial charge < -0.3 is 10.5 Å². The highest BCUT2D eigenvalue weighted by molar-refractivity contribution is 9.10. The van der Waals surface area contributed by atoms with Crippen LogP contribution in [0.25, 0.3) is 0 Å². The van der Waals surface area contributed by atoms with Crippen molar-refractivity contribution in [3.63, 3.8) is 0 Å². The highest BCUT2D eigenvalue weighted by Crippen LogP contribution is 2.12. The minimum absolute atomic E-state index is 0.256. The van der Waals surface area contributed by atoms with Crippen LogP contribution in [0.15, 0.2) is 28.7 Å². The molecule has 16 heavy (non-hydrogen) atoms. The molecule has 0 bridgehead atoms. The summed E-state index contributed by atoms with van der Waals surface area (Å²) in [5.74, 6) is 0.256. The summed E-state index contributed by atoms with van der Waals surface area (Å²) in [6.45, 7) is 1.36. The van der Waals surface area contributed by atoms with Crippen LogP contribution < -0.4 is 5.73 Å². The van der Waals surface area contributed by atoms with Gasteiger partial charge in [0, 0.05) is 17.5 Å². The Labute approximate surface area is 105 Å². The molecule has 0 amide bonds. The molecule has 0 atom stereocenters. The van der Waals surface area contributed by atoms with Gasteiger partial charge in [-0.3, -0.25) is 5.41 Å². The number of hydrogen-bond donors (Lipinski definition) is 2. The first-order valence-electron chi connectivity index (χ1n) is 5.33. The van der Waals surface area contributed by atoms with Crippen molar-refractivity contribution < 1.29 is 4.74 Å². The molecule has 0 radical (unpaired) electrons. The molecule has 0 aliphatic rings. The number of nitrogens with two attached hydrogens (primary N) is 1. The number of benzene rings is 1. The van der Waals surface area contributed by atoms with E-state index in [1.54, 1.807) is 0 Å². The molecule has 4 heteroatoms. The standard InChI is InChI=1S/C12H17BrN2O/c13-11-5-3-4-10(8-11)9-16-7-2-1-6-12(14)15/h3-5,8H,1-2,6-7,9H2,(H3,14,15). The van der Waals surface area contributed by atoms with Gasteiger partial charge >= 0.3 is 0 Å². The molecule has 0 aliphatic carbocycles. The van der Waals surface area contributed by atoms with Gasteiger partial charge in [-0.05, 0) is 30.5 Å². The summed E-state index contributed by atoms with van der Waals surface area (Å²) in [4.78, 5) is 0. The number of hydrogen-bond acceptors (Lipinski definition) is 2. The smallest absolute Gasteiger partial charge is 0.0905 e. The van der Waals surface area contributed by atoms with Crippen LogP contribution in [-0.2, 0) is 11.3 Å². The Hall–Kier alpha value is -0.870. The van der Waals surface area contributed by atoms with Gasteiger partial charge in [0.2, 0.25) is 0 Å². The molecule has 0 spiro atoms. The van der Waals surface area contributed by atoms with Crippen molar-refractivity contribution in [3.8, 4) is 0 Å². The quantitative estimate of drug-likeness (QED) is 0.459. The Morgan fingerprint density at radius 2 is 2.19 bits per heavy atom. The minimum atomic E-state index is 0.256. The van der Waals surface area contributed by atoms with E-state index in [0.29, 0.717) is 13.0 Å².